The van der Waals surface area contributed by atoms with E-state index < -0.39 is 28.6 Å². The van der Waals surface area contributed by atoms with Gasteiger partial charge in [-0.1, -0.05) is 0 Å². The Morgan fingerprint density at radius 1 is 1.25 bits per heavy atom. The second kappa shape index (κ2) is 4.89. The Morgan fingerprint density at radius 2 is 1.88 bits per heavy atom. The Kier molecular flexibility index (Phi) is 4.19. The van der Waals surface area contributed by atoms with E-state index in [4.69, 9.17) is 5.73 Å². The second-order valence-electron chi connectivity index (χ2n) is 3.83. The fraction of sp³-hybridized carbons (Fsp3) is 1.00. The zero-order valence-electron chi connectivity index (χ0n) is 8.70. The lowest BCUT2D eigenvalue weighted by Crippen LogP contribution is -2.51. The number of rotatable bonds is 2. The maximum atomic E-state index is 12.6. The Hall–Kier alpha value is -0.340. The Balaban J connectivity index is 2.73. The third-order valence-electron chi connectivity index (χ3n) is 2.63. The zero-order chi connectivity index (χ0) is 12.4. The molecule has 8 heteroatoms. The van der Waals surface area contributed by atoms with Crippen LogP contribution in [-0.4, -0.2) is 56.7 Å². The predicted octanol–water partition coefficient (Wildman–Crippen LogP) is -0.00350. The van der Waals surface area contributed by atoms with Gasteiger partial charge in [-0.15, -0.1) is 0 Å². The molecule has 1 saturated heterocycles. The minimum Gasteiger partial charge on any atom is -0.329 e. The molecular formula is C8H15F3N2O2S. The van der Waals surface area contributed by atoms with E-state index in [1.165, 1.54) is 0 Å². The van der Waals surface area contributed by atoms with Crippen LogP contribution in [0.25, 0.3) is 0 Å². The first-order valence-corrected chi connectivity index (χ1v) is 6.79. The zero-order valence-corrected chi connectivity index (χ0v) is 9.52. The average molecular weight is 260 g/mol. The molecule has 1 aliphatic heterocycles. The van der Waals surface area contributed by atoms with E-state index in [9.17, 15) is 21.6 Å². The molecule has 96 valence electrons. The summed E-state index contributed by atoms with van der Waals surface area (Å²) in [5, 5.41) is 0. The van der Waals surface area contributed by atoms with Crippen molar-refractivity contribution in [2.45, 2.75) is 18.6 Å². The van der Waals surface area contributed by atoms with Crippen LogP contribution in [0.4, 0.5) is 13.2 Å². The maximum absolute atomic E-state index is 12.6. The summed E-state index contributed by atoms with van der Waals surface area (Å²) in [7, 11) is -3.19. The van der Waals surface area contributed by atoms with Gasteiger partial charge in [0.05, 0.1) is 11.5 Å². The minimum absolute atomic E-state index is 0.0430. The van der Waals surface area contributed by atoms with Crippen LogP contribution in [-0.2, 0) is 9.84 Å². The molecule has 4 nitrogen and oxygen atoms in total. The summed E-state index contributed by atoms with van der Waals surface area (Å²) in [5.41, 5.74) is 5.10. The molecule has 0 aromatic carbocycles. The Bertz CT molecular complexity index is 329. The van der Waals surface area contributed by atoms with Crippen molar-refractivity contribution in [2.75, 3.05) is 31.1 Å². The van der Waals surface area contributed by atoms with Crippen LogP contribution in [0, 0.1) is 0 Å². The van der Waals surface area contributed by atoms with Gasteiger partial charge in [0.25, 0.3) is 0 Å². The highest BCUT2D eigenvalue weighted by molar-refractivity contribution is 7.91. The molecule has 0 spiro atoms. The third kappa shape index (κ3) is 3.60. The topological polar surface area (TPSA) is 63.4 Å². The molecule has 0 aliphatic carbocycles. The van der Waals surface area contributed by atoms with Crippen LogP contribution in [0.15, 0.2) is 0 Å². The van der Waals surface area contributed by atoms with Crippen LogP contribution in [0.1, 0.15) is 6.42 Å². The summed E-state index contributed by atoms with van der Waals surface area (Å²) >= 11 is 0. The highest BCUT2D eigenvalue weighted by Gasteiger charge is 2.43. The van der Waals surface area contributed by atoms with E-state index in [0.717, 1.165) is 4.90 Å². The fourth-order valence-corrected chi connectivity index (χ4v) is 3.04. The van der Waals surface area contributed by atoms with Gasteiger partial charge in [-0.3, -0.25) is 4.90 Å². The van der Waals surface area contributed by atoms with Crippen molar-refractivity contribution in [1.29, 1.82) is 0 Å². The Morgan fingerprint density at radius 3 is 2.38 bits per heavy atom. The summed E-state index contributed by atoms with van der Waals surface area (Å²) < 4.78 is 60.2. The molecule has 0 aromatic rings. The number of nitrogens with zero attached hydrogens (tertiary/aromatic N) is 1. The molecule has 0 saturated carbocycles. The molecule has 1 rings (SSSR count). The van der Waals surface area contributed by atoms with Crippen LogP contribution in [0.3, 0.4) is 0 Å². The molecule has 0 amide bonds. The number of hydrogen-bond acceptors (Lipinski definition) is 4. The lowest BCUT2D eigenvalue weighted by atomic mass is 10.2. The number of hydrogen-bond donors (Lipinski definition) is 1. The van der Waals surface area contributed by atoms with Crippen LogP contribution in [0.5, 0.6) is 0 Å². The molecular weight excluding hydrogens is 245 g/mol. The number of sulfone groups is 1. The standard InChI is InChI=1S/C8H15F3N2O2S/c9-8(10,11)7(6-12)13-2-1-4-16(14,15)5-3-13/h7H,1-6,12H2. The van der Waals surface area contributed by atoms with Crippen molar-refractivity contribution >= 4 is 9.84 Å². The summed E-state index contributed by atoms with van der Waals surface area (Å²) in [6.45, 7) is -0.506. The van der Waals surface area contributed by atoms with Gasteiger partial charge in [-0.05, 0) is 13.0 Å². The highest BCUT2D eigenvalue weighted by Crippen LogP contribution is 2.25. The van der Waals surface area contributed by atoms with Crippen molar-refractivity contribution in [3.05, 3.63) is 0 Å². The summed E-state index contributed by atoms with van der Waals surface area (Å²) in [6.07, 6.45) is -4.17. The number of halogens is 3. The van der Waals surface area contributed by atoms with E-state index >= 15 is 0 Å². The molecule has 1 heterocycles. The first-order valence-electron chi connectivity index (χ1n) is 4.97. The van der Waals surface area contributed by atoms with Crippen molar-refractivity contribution in [2.24, 2.45) is 5.73 Å². The molecule has 2 N–H and O–H groups in total. The quantitative estimate of drug-likeness (QED) is 0.759. The fourth-order valence-electron chi connectivity index (χ4n) is 1.76. The normalized spacial score (nSPS) is 25.0. The Labute approximate surface area is 92.5 Å². The summed E-state index contributed by atoms with van der Waals surface area (Å²) in [5.74, 6) is -0.266. The first kappa shape index (κ1) is 13.7. The molecule has 16 heavy (non-hydrogen) atoms. The lowest BCUT2D eigenvalue weighted by Gasteiger charge is -2.30. The second-order valence-corrected chi connectivity index (χ2v) is 6.14. The van der Waals surface area contributed by atoms with E-state index in [-0.39, 0.29) is 31.0 Å². The van der Waals surface area contributed by atoms with E-state index in [0.29, 0.717) is 0 Å². The molecule has 0 aromatic heterocycles. The van der Waals surface area contributed by atoms with Gasteiger partial charge >= 0.3 is 6.18 Å². The van der Waals surface area contributed by atoms with Gasteiger partial charge in [-0.25, -0.2) is 8.42 Å². The van der Waals surface area contributed by atoms with Gasteiger partial charge in [0.15, 0.2) is 9.84 Å². The first-order chi connectivity index (χ1) is 7.26. The largest absolute Gasteiger partial charge is 0.405 e. The van der Waals surface area contributed by atoms with Crippen LogP contribution in [0.2, 0.25) is 0 Å². The van der Waals surface area contributed by atoms with Crippen molar-refractivity contribution in [3.63, 3.8) is 0 Å². The van der Waals surface area contributed by atoms with Gasteiger partial charge in [0.1, 0.15) is 6.04 Å². The molecule has 1 aliphatic rings. The van der Waals surface area contributed by atoms with Crippen molar-refractivity contribution in [1.82, 2.24) is 4.90 Å². The molecule has 1 fully saturated rings. The smallest absolute Gasteiger partial charge is 0.329 e. The van der Waals surface area contributed by atoms with Gasteiger partial charge in [-0.2, -0.15) is 13.2 Å². The van der Waals surface area contributed by atoms with E-state index in [1.807, 2.05) is 0 Å². The van der Waals surface area contributed by atoms with E-state index in [2.05, 4.69) is 0 Å². The maximum Gasteiger partial charge on any atom is 0.405 e. The van der Waals surface area contributed by atoms with Crippen molar-refractivity contribution < 1.29 is 21.6 Å². The van der Waals surface area contributed by atoms with E-state index in [1.54, 1.807) is 0 Å². The van der Waals surface area contributed by atoms with Gasteiger partial charge in [0.2, 0.25) is 0 Å². The molecule has 1 unspecified atom stereocenters. The van der Waals surface area contributed by atoms with Gasteiger partial charge in [0, 0.05) is 13.1 Å². The SMILES string of the molecule is NCC(N1CCCS(=O)(=O)CC1)C(F)(F)F. The van der Waals surface area contributed by atoms with Crippen LogP contribution >= 0.6 is 0 Å². The molecule has 0 radical (unpaired) electrons. The number of nitrogens with two attached hydrogens (primary N) is 1. The minimum atomic E-state index is -4.40. The molecule has 1 atom stereocenters. The predicted molar refractivity (Wildman–Crippen MR) is 53.7 cm³/mol. The highest BCUT2D eigenvalue weighted by atomic mass is 32.2. The lowest BCUT2D eigenvalue weighted by molar-refractivity contribution is -0.180. The summed E-state index contributed by atoms with van der Waals surface area (Å²) in [4.78, 5) is 1.12. The monoisotopic (exact) mass is 260 g/mol. The average Bonchev–Trinajstić information content (AvgIpc) is 2.27. The van der Waals surface area contributed by atoms with Crippen molar-refractivity contribution in [3.8, 4) is 0 Å². The van der Waals surface area contributed by atoms with Gasteiger partial charge < -0.3 is 5.73 Å². The van der Waals surface area contributed by atoms with Crippen LogP contribution < -0.4 is 5.73 Å². The third-order valence-corrected chi connectivity index (χ3v) is 4.35. The molecule has 0 bridgehead atoms. The number of alkyl halides is 3. The summed E-state index contributed by atoms with van der Waals surface area (Å²) in [6, 6.07) is -1.74.